The first-order valence-electron chi connectivity index (χ1n) is 5.21. The zero-order valence-electron chi connectivity index (χ0n) is 10.4. The molecular weight excluding hydrogens is 208 g/mol. The smallest absolute Gasteiger partial charge is 0.186 e. The highest BCUT2D eigenvalue weighted by Gasteiger charge is 2.49. The number of hydroxylamine groups is 2. The topological polar surface area (TPSA) is 70.0 Å². The molecule has 0 bridgehead atoms. The summed E-state index contributed by atoms with van der Waals surface area (Å²) in [6, 6.07) is 0. The van der Waals surface area contributed by atoms with E-state index < -0.39 is 11.2 Å². The molecule has 1 heterocycles. The van der Waals surface area contributed by atoms with E-state index in [1.165, 1.54) is 6.92 Å². The number of carbonyl (C=O) groups is 2. The third kappa shape index (κ3) is 2.05. The normalized spacial score (nSPS) is 23.0. The lowest BCUT2D eigenvalue weighted by atomic mass is 9.93. The third-order valence-electron chi connectivity index (χ3n) is 2.69. The fraction of sp³-hybridized carbons (Fsp3) is 0.727. The molecule has 0 aromatic carbocycles. The molecule has 0 atom stereocenters. The highest BCUT2D eigenvalue weighted by atomic mass is 16.5. The maximum atomic E-state index is 11.8. The minimum absolute atomic E-state index is 0.161. The van der Waals surface area contributed by atoms with Gasteiger partial charge in [0.1, 0.15) is 17.2 Å². The molecule has 0 saturated carbocycles. The Labute approximate surface area is 95.1 Å². The fourth-order valence-corrected chi connectivity index (χ4v) is 1.96. The second-order valence-electron chi connectivity index (χ2n) is 5.13. The Morgan fingerprint density at radius 2 is 1.81 bits per heavy atom. The van der Waals surface area contributed by atoms with E-state index in [-0.39, 0.29) is 23.7 Å². The summed E-state index contributed by atoms with van der Waals surface area (Å²) in [5.41, 5.74) is -1.42. The Hall–Kier alpha value is -1.07. The summed E-state index contributed by atoms with van der Waals surface area (Å²) in [4.78, 5) is 26.9. The average Bonchev–Trinajstić information content (AvgIpc) is 2.25. The number of aliphatic imine (C=N–C) groups is 1. The molecular formula is C11H18N2O3. The van der Waals surface area contributed by atoms with Gasteiger partial charge in [-0.3, -0.25) is 14.6 Å². The van der Waals surface area contributed by atoms with Crippen LogP contribution >= 0.6 is 0 Å². The Bertz CT molecular complexity index is 369. The molecule has 0 saturated heterocycles. The predicted octanol–water partition coefficient (Wildman–Crippen LogP) is 1.20. The minimum Gasteiger partial charge on any atom is -0.311 e. The van der Waals surface area contributed by atoms with Crippen LogP contribution in [0.1, 0.15) is 41.0 Å². The number of ketones is 2. The minimum atomic E-state index is -0.851. The van der Waals surface area contributed by atoms with Gasteiger partial charge in [0.05, 0.1) is 12.0 Å². The highest BCUT2D eigenvalue weighted by molar-refractivity contribution is 6.45. The summed E-state index contributed by atoms with van der Waals surface area (Å²) in [5, 5.41) is 11.0. The summed E-state index contributed by atoms with van der Waals surface area (Å²) in [7, 11) is 0. The summed E-state index contributed by atoms with van der Waals surface area (Å²) in [6.07, 6.45) is -0.161. The molecule has 0 aliphatic carbocycles. The van der Waals surface area contributed by atoms with Crippen LogP contribution in [-0.4, -0.2) is 38.8 Å². The van der Waals surface area contributed by atoms with Gasteiger partial charge in [-0.2, -0.15) is 5.06 Å². The van der Waals surface area contributed by atoms with Crippen LogP contribution in [-0.2, 0) is 9.59 Å². The molecule has 16 heavy (non-hydrogen) atoms. The van der Waals surface area contributed by atoms with E-state index >= 15 is 0 Å². The van der Waals surface area contributed by atoms with E-state index in [0.29, 0.717) is 0 Å². The van der Waals surface area contributed by atoms with E-state index in [0.717, 1.165) is 5.06 Å². The van der Waals surface area contributed by atoms with Crippen LogP contribution in [0.2, 0.25) is 0 Å². The summed E-state index contributed by atoms with van der Waals surface area (Å²) in [6.45, 7) is 8.20. The van der Waals surface area contributed by atoms with Crippen molar-refractivity contribution in [3.63, 3.8) is 0 Å². The van der Waals surface area contributed by atoms with Crippen LogP contribution in [0.15, 0.2) is 4.99 Å². The second-order valence-corrected chi connectivity index (χ2v) is 5.13. The van der Waals surface area contributed by atoms with Crippen molar-refractivity contribution in [3.8, 4) is 0 Å². The molecule has 90 valence electrons. The lowest BCUT2D eigenvalue weighted by molar-refractivity contribution is -0.188. The van der Waals surface area contributed by atoms with Crippen molar-refractivity contribution in [1.29, 1.82) is 0 Å². The molecule has 1 aliphatic rings. The second kappa shape index (κ2) is 3.75. The maximum absolute atomic E-state index is 11.8. The molecule has 1 rings (SSSR count). The summed E-state index contributed by atoms with van der Waals surface area (Å²) >= 11 is 0. The van der Waals surface area contributed by atoms with Gasteiger partial charge in [-0.25, -0.2) is 0 Å². The van der Waals surface area contributed by atoms with Gasteiger partial charge in [-0.15, -0.1) is 0 Å². The predicted molar refractivity (Wildman–Crippen MR) is 59.5 cm³/mol. The van der Waals surface area contributed by atoms with Crippen LogP contribution in [0.5, 0.6) is 0 Å². The Morgan fingerprint density at radius 3 is 2.12 bits per heavy atom. The summed E-state index contributed by atoms with van der Waals surface area (Å²) < 4.78 is 0. The molecule has 0 radical (unpaired) electrons. The molecule has 0 aromatic heterocycles. The van der Waals surface area contributed by atoms with Crippen molar-refractivity contribution in [1.82, 2.24) is 5.06 Å². The maximum Gasteiger partial charge on any atom is 0.186 e. The number of nitrogens with zero attached hydrogens (tertiary/aromatic N) is 2. The Kier molecular flexibility index (Phi) is 3.04. The lowest BCUT2D eigenvalue weighted by Crippen LogP contribution is -2.51. The first kappa shape index (κ1) is 13.0. The molecule has 0 amide bonds. The molecule has 1 N–H and O–H groups in total. The molecule has 5 heteroatoms. The third-order valence-corrected chi connectivity index (χ3v) is 2.69. The monoisotopic (exact) mass is 226 g/mol. The van der Waals surface area contributed by atoms with Crippen molar-refractivity contribution < 1.29 is 14.8 Å². The molecule has 0 unspecified atom stereocenters. The van der Waals surface area contributed by atoms with Crippen molar-refractivity contribution in [2.24, 2.45) is 4.99 Å². The molecule has 0 spiro atoms. The Morgan fingerprint density at radius 1 is 1.31 bits per heavy atom. The fourth-order valence-electron chi connectivity index (χ4n) is 1.96. The van der Waals surface area contributed by atoms with E-state index in [2.05, 4.69) is 4.99 Å². The van der Waals surface area contributed by atoms with Gasteiger partial charge in [0, 0.05) is 0 Å². The highest BCUT2D eigenvalue weighted by Crippen LogP contribution is 2.33. The van der Waals surface area contributed by atoms with E-state index in [9.17, 15) is 14.8 Å². The van der Waals surface area contributed by atoms with E-state index in [1.54, 1.807) is 27.7 Å². The molecule has 1 aliphatic heterocycles. The van der Waals surface area contributed by atoms with E-state index in [4.69, 9.17) is 0 Å². The van der Waals surface area contributed by atoms with Crippen LogP contribution < -0.4 is 0 Å². The lowest BCUT2D eigenvalue weighted by Gasteiger charge is -2.33. The first-order chi connectivity index (χ1) is 7.09. The summed E-state index contributed by atoms with van der Waals surface area (Å²) in [5.74, 6) is -0.514. The quantitative estimate of drug-likeness (QED) is 0.734. The average molecular weight is 226 g/mol. The van der Waals surface area contributed by atoms with Crippen molar-refractivity contribution in [2.45, 2.75) is 52.2 Å². The molecule has 0 aromatic rings. The first-order valence-corrected chi connectivity index (χ1v) is 5.21. The number of hydrogen-bond donors (Lipinski definition) is 1. The van der Waals surface area contributed by atoms with Crippen molar-refractivity contribution in [3.05, 3.63) is 0 Å². The van der Waals surface area contributed by atoms with Gasteiger partial charge >= 0.3 is 0 Å². The zero-order chi connectivity index (χ0) is 12.7. The van der Waals surface area contributed by atoms with E-state index in [1.807, 2.05) is 0 Å². The Balaban J connectivity index is 3.05. The number of rotatable bonds is 3. The molecule has 5 nitrogen and oxygen atoms in total. The van der Waals surface area contributed by atoms with Crippen LogP contribution in [0, 0.1) is 0 Å². The van der Waals surface area contributed by atoms with Gasteiger partial charge in [-0.05, 0) is 34.6 Å². The van der Waals surface area contributed by atoms with Gasteiger partial charge in [0.2, 0.25) is 0 Å². The van der Waals surface area contributed by atoms with Gasteiger partial charge in [0.25, 0.3) is 0 Å². The van der Waals surface area contributed by atoms with Gasteiger partial charge < -0.3 is 5.21 Å². The number of hydrogen-bond acceptors (Lipinski definition) is 5. The van der Waals surface area contributed by atoms with Gasteiger partial charge in [0.15, 0.2) is 5.78 Å². The van der Waals surface area contributed by atoms with Crippen LogP contribution in [0.4, 0.5) is 0 Å². The zero-order valence-corrected chi connectivity index (χ0v) is 10.4. The number of carbonyl (C=O) groups excluding carboxylic acids is 2. The van der Waals surface area contributed by atoms with Crippen LogP contribution in [0.3, 0.4) is 0 Å². The van der Waals surface area contributed by atoms with Crippen molar-refractivity contribution >= 4 is 17.3 Å². The largest absolute Gasteiger partial charge is 0.311 e. The van der Waals surface area contributed by atoms with Crippen LogP contribution in [0.25, 0.3) is 0 Å². The van der Waals surface area contributed by atoms with Gasteiger partial charge in [-0.1, -0.05) is 0 Å². The standard InChI is InChI=1S/C11H18N2O3/c1-7(14)6-8(15)9-10(2,3)13(16)11(4,5)12-9/h16H,6H2,1-5H3. The number of Topliss-reactive ketones (excluding diaryl/α,β-unsaturated/α-hetero) is 2. The SMILES string of the molecule is CC(=O)CC(=O)C1=NC(C)(C)N(O)C1(C)C. The van der Waals surface area contributed by atoms with Crippen molar-refractivity contribution in [2.75, 3.05) is 0 Å². The molecule has 0 fully saturated rings.